The van der Waals surface area contributed by atoms with Crippen LogP contribution in [0.2, 0.25) is 0 Å². The van der Waals surface area contributed by atoms with Gasteiger partial charge in [0, 0.05) is 18.6 Å². The fraction of sp³-hybridized carbons (Fsp3) is 0.588. The van der Waals surface area contributed by atoms with Crippen LogP contribution in [-0.4, -0.2) is 45.9 Å². The van der Waals surface area contributed by atoms with Gasteiger partial charge in [-0.3, -0.25) is 4.79 Å². The standard InChI is InChI=1S/C17H24O5/c1-3-6-20-7-8-21-9-10-22-17-11-13-4-5-15(18)14(13)12-16(17)19-2/h11-12H,3-10H2,1-2H3. The molecule has 0 saturated carbocycles. The van der Waals surface area contributed by atoms with Crippen LogP contribution in [0, 0.1) is 0 Å². The fourth-order valence-electron chi connectivity index (χ4n) is 2.40. The Hall–Kier alpha value is -1.59. The number of aryl methyl sites for hydroxylation is 1. The molecule has 1 aliphatic rings. The predicted octanol–water partition coefficient (Wildman–Crippen LogP) is 2.65. The SMILES string of the molecule is CCCOCCOCCOc1cc2c(cc1OC)C(=O)CC2. The molecular formula is C17H24O5. The van der Waals surface area contributed by atoms with Crippen LogP contribution in [0.15, 0.2) is 12.1 Å². The van der Waals surface area contributed by atoms with E-state index in [1.54, 1.807) is 13.2 Å². The minimum atomic E-state index is 0.176. The number of Topliss-reactive ketones (excluding diaryl/α,β-unsaturated/α-hetero) is 1. The van der Waals surface area contributed by atoms with Gasteiger partial charge >= 0.3 is 0 Å². The summed E-state index contributed by atoms with van der Waals surface area (Å²) in [6, 6.07) is 3.68. The summed E-state index contributed by atoms with van der Waals surface area (Å²) in [4.78, 5) is 11.7. The number of hydrogen-bond acceptors (Lipinski definition) is 5. The van der Waals surface area contributed by atoms with Crippen molar-refractivity contribution in [3.05, 3.63) is 23.3 Å². The number of carbonyl (C=O) groups excluding carboxylic acids is 1. The zero-order valence-electron chi connectivity index (χ0n) is 13.4. The van der Waals surface area contributed by atoms with Crippen molar-refractivity contribution in [1.29, 1.82) is 0 Å². The Balaban J connectivity index is 1.77. The number of ether oxygens (including phenoxy) is 4. The molecule has 0 atom stereocenters. The number of rotatable bonds is 10. The van der Waals surface area contributed by atoms with Gasteiger partial charge in [-0.05, 0) is 30.5 Å². The van der Waals surface area contributed by atoms with Gasteiger partial charge in [0.25, 0.3) is 0 Å². The first kappa shape index (κ1) is 16.8. The Morgan fingerprint density at radius 1 is 0.955 bits per heavy atom. The minimum absolute atomic E-state index is 0.176. The quantitative estimate of drug-likeness (QED) is 0.622. The smallest absolute Gasteiger partial charge is 0.163 e. The van der Waals surface area contributed by atoms with Gasteiger partial charge in [-0.1, -0.05) is 6.92 Å². The molecule has 5 nitrogen and oxygen atoms in total. The van der Waals surface area contributed by atoms with Gasteiger partial charge < -0.3 is 18.9 Å². The van der Waals surface area contributed by atoms with E-state index in [2.05, 4.69) is 6.92 Å². The second kappa shape index (κ2) is 8.76. The van der Waals surface area contributed by atoms with Gasteiger partial charge in [0.1, 0.15) is 6.61 Å². The van der Waals surface area contributed by atoms with Crippen molar-refractivity contribution in [3.63, 3.8) is 0 Å². The highest BCUT2D eigenvalue weighted by molar-refractivity contribution is 6.01. The lowest BCUT2D eigenvalue weighted by Gasteiger charge is -2.13. The van der Waals surface area contributed by atoms with Crippen LogP contribution >= 0.6 is 0 Å². The van der Waals surface area contributed by atoms with Gasteiger partial charge in [-0.25, -0.2) is 0 Å². The molecule has 22 heavy (non-hydrogen) atoms. The fourth-order valence-corrected chi connectivity index (χ4v) is 2.40. The Morgan fingerprint density at radius 3 is 2.41 bits per heavy atom. The lowest BCUT2D eigenvalue weighted by Crippen LogP contribution is -2.11. The van der Waals surface area contributed by atoms with Crippen molar-refractivity contribution in [2.24, 2.45) is 0 Å². The van der Waals surface area contributed by atoms with E-state index in [1.165, 1.54) is 0 Å². The number of fused-ring (bicyclic) bond motifs is 1. The van der Waals surface area contributed by atoms with E-state index in [1.807, 2.05) is 6.07 Å². The molecule has 2 rings (SSSR count). The van der Waals surface area contributed by atoms with E-state index < -0.39 is 0 Å². The Labute approximate surface area is 131 Å². The molecule has 1 aromatic carbocycles. The summed E-state index contributed by atoms with van der Waals surface area (Å²) in [5, 5.41) is 0. The van der Waals surface area contributed by atoms with Gasteiger partial charge in [0.05, 0.1) is 26.9 Å². The summed E-state index contributed by atoms with van der Waals surface area (Å²) in [6.07, 6.45) is 2.37. The number of methoxy groups -OCH3 is 1. The van der Waals surface area contributed by atoms with Crippen LogP contribution in [0.3, 0.4) is 0 Å². The minimum Gasteiger partial charge on any atom is -0.493 e. The summed E-state index contributed by atoms with van der Waals surface area (Å²) in [5.74, 6) is 1.44. The van der Waals surface area contributed by atoms with Gasteiger partial charge in [-0.2, -0.15) is 0 Å². The Bertz CT molecular complexity index is 498. The zero-order chi connectivity index (χ0) is 15.8. The second-order valence-electron chi connectivity index (χ2n) is 5.16. The number of hydrogen-bond donors (Lipinski definition) is 0. The summed E-state index contributed by atoms with van der Waals surface area (Å²) in [7, 11) is 1.58. The normalized spacial score (nSPS) is 13.3. The van der Waals surface area contributed by atoms with E-state index in [4.69, 9.17) is 18.9 Å². The molecule has 1 aliphatic carbocycles. The maximum absolute atomic E-state index is 11.7. The molecule has 0 fully saturated rings. The highest BCUT2D eigenvalue weighted by Crippen LogP contribution is 2.34. The van der Waals surface area contributed by atoms with Crippen LogP contribution in [0.5, 0.6) is 11.5 Å². The highest BCUT2D eigenvalue weighted by atomic mass is 16.5. The van der Waals surface area contributed by atoms with Crippen molar-refractivity contribution in [3.8, 4) is 11.5 Å². The average Bonchev–Trinajstić information content (AvgIpc) is 2.89. The van der Waals surface area contributed by atoms with Crippen LogP contribution in [0.4, 0.5) is 0 Å². The molecule has 0 amide bonds. The van der Waals surface area contributed by atoms with Crippen molar-refractivity contribution in [1.82, 2.24) is 0 Å². The lowest BCUT2D eigenvalue weighted by atomic mass is 10.1. The van der Waals surface area contributed by atoms with Crippen LogP contribution in [0.1, 0.15) is 35.7 Å². The molecule has 0 saturated heterocycles. The molecule has 0 spiro atoms. The molecule has 122 valence electrons. The van der Waals surface area contributed by atoms with Crippen molar-refractivity contribution >= 4 is 5.78 Å². The van der Waals surface area contributed by atoms with E-state index in [0.717, 1.165) is 30.6 Å². The summed E-state index contributed by atoms with van der Waals surface area (Å²) >= 11 is 0. The summed E-state index contributed by atoms with van der Waals surface area (Å²) in [6.45, 7) is 4.96. The molecule has 0 radical (unpaired) electrons. The first-order valence-corrected chi connectivity index (χ1v) is 7.78. The third-order valence-electron chi connectivity index (χ3n) is 3.52. The van der Waals surface area contributed by atoms with Crippen molar-refractivity contribution in [2.45, 2.75) is 26.2 Å². The maximum atomic E-state index is 11.7. The summed E-state index contributed by atoms with van der Waals surface area (Å²) in [5.41, 5.74) is 1.79. The Morgan fingerprint density at radius 2 is 1.68 bits per heavy atom. The molecule has 0 aliphatic heterocycles. The number of carbonyl (C=O) groups is 1. The number of benzene rings is 1. The third-order valence-corrected chi connectivity index (χ3v) is 3.52. The second-order valence-corrected chi connectivity index (χ2v) is 5.16. The topological polar surface area (TPSA) is 54.0 Å². The molecule has 0 bridgehead atoms. The monoisotopic (exact) mass is 308 g/mol. The van der Waals surface area contributed by atoms with Gasteiger partial charge in [-0.15, -0.1) is 0 Å². The first-order chi connectivity index (χ1) is 10.8. The lowest BCUT2D eigenvalue weighted by molar-refractivity contribution is 0.0363. The molecule has 0 unspecified atom stereocenters. The number of ketones is 1. The summed E-state index contributed by atoms with van der Waals surface area (Å²) < 4.78 is 21.8. The van der Waals surface area contributed by atoms with E-state index in [0.29, 0.717) is 44.3 Å². The van der Waals surface area contributed by atoms with Crippen molar-refractivity contribution < 1.29 is 23.7 Å². The molecule has 0 N–H and O–H groups in total. The third kappa shape index (κ3) is 4.45. The van der Waals surface area contributed by atoms with Gasteiger partial charge in [0.2, 0.25) is 0 Å². The maximum Gasteiger partial charge on any atom is 0.163 e. The van der Waals surface area contributed by atoms with Gasteiger partial charge in [0.15, 0.2) is 17.3 Å². The predicted molar refractivity (Wildman–Crippen MR) is 83.1 cm³/mol. The Kier molecular flexibility index (Phi) is 6.68. The van der Waals surface area contributed by atoms with E-state index >= 15 is 0 Å². The van der Waals surface area contributed by atoms with Crippen molar-refractivity contribution in [2.75, 3.05) is 40.1 Å². The first-order valence-electron chi connectivity index (χ1n) is 7.78. The molecule has 0 aromatic heterocycles. The van der Waals surface area contributed by atoms with Crippen LogP contribution < -0.4 is 9.47 Å². The largest absolute Gasteiger partial charge is 0.493 e. The average molecular weight is 308 g/mol. The molecule has 5 heteroatoms. The van der Waals surface area contributed by atoms with Crippen LogP contribution in [-0.2, 0) is 15.9 Å². The van der Waals surface area contributed by atoms with E-state index in [-0.39, 0.29) is 5.78 Å². The van der Waals surface area contributed by atoms with E-state index in [9.17, 15) is 4.79 Å². The molecular weight excluding hydrogens is 284 g/mol. The highest BCUT2D eigenvalue weighted by Gasteiger charge is 2.22. The van der Waals surface area contributed by atoms with Crippen LogP contribution in [0.25, 0.3) is 0 Å². The molecule has 0 heterocycles. The molecule has 1 aromatic rings. The zero-order valence-corrected chi connectivity index (χ0v) is 13.4.